The summed E-state index contributed by atoms with van der Waals surface area (Å²) in [5, 5.41) is 3.49. The van der Waals surface area contributed by atoms with E-state index in [4.69, 9.17) is 0 Å². The Labute approximate surface area is 104 Å². The number of likely N-dealkylation sites (tertiary alicyclic amines) is 1. The number of hydrogen-bond acceptors (Lipinski definition) is 3. The molecule has 3 heteroatoms. The summed E-state index contributed by atoms with van der Waals surface area (Å²) in [6, 6.07) is 6.70. The van der Waals surface area contributed by atoms with Crippen molar-refractivity contribution in [2.45, 2.75) is 38.8 Å². The Balaban J connectivity index is 1.67. The topological polar surface area (TPSA) is 28.2 Å². The lowest BCUT2D eigenvalue weighted by Gasteiger charge is -2.32. The summed E-state index contributed by atoms with van der Waals surface area (Å²) in [5.41, 5.74) is 1.12. The van der Waals surface area contributed by atoms with Gasteiger partial charge in [0.1, 0.15) is 0 Å². The molecule has 1 aliphatic rings. The third-order valence-corrected chi connectivity index (χ3v) is 3.49. The zero-order valence-electron chi connectivity index (χ0n) is 10.7. The monoisotopic (exact) mass is 233 g/mol. The van der Waals surface area contributed by atoms with Gasteiger partial charge in [-0.3, -0.25) is 9.88 Å². The van der Waals surface area contributed by atoms with Crippen LogP contribution in [0.4, 0.5) is 0 Å². The molecule has 0 spiro atoms. The highest BCUT2D eigenvalue weighted by Gasteiger charge is 2.15. The Bertz CT molecular complexity index is 307. The van der Waals surface area contributed by atoms with E-state index in [0.717, 1.165) is 18.8 Å². The van der Waals surface area contributed by atoms with Gasteiger partial charge in [-0.05, 0) is 45.0 Å². The lowest BCUT2D eigenvalue weighted by Crippen LogP contribution is -2.43. The number of rotatable bonds is 5. The van der Waals surface area contributed by atoms with Gasteiger partial charge in [-0.25, -0.2) is 0 Å². The number of pyridine rings is 1. The quantitative estimate of drug-likeness (QED) is 0.843. The molecular weight excluding hydrogens is 210 g/mol. The van der Waals surface area contributed by atoms with Gasteiger partial charge in [0.25, 0.3) is 0 Å². The van der Waals surface area contributed by atoms with Gasteiger partial charge in [0, 0.05) is 25.3 Å². The lowest BCUT2D eigenvalue weighted by atomic mass is 10.1. The molecule has 1 aliphatic heterocycles. The molecule has 0 bridgehead atoms. The molecule has 0 saturated carbocycles. The second kappa shape index (κ2) is 6.72. The first kappa shape index (κ1) is 12.5. The van der Waals surface area contributed by atoms with Gasteiger partial charge in [0.15, 0.2) is 0 Å². The van der Waals surface area contributed by atoms with Gasteiger partial charge in [-0.2, -0.15) is 0 Å². The molecule has 0 aromatic carbocycles. The van der Waals surface area contributed by atoms with Gasteiger partial charge >= 0.3 is 0 Å². The number of nitrogens with zero attached hydrogens (tertiary/aromatic N) is 2. The number of piperidine rings is 1. The van der Waals surface area contributed by atoms with Gasteiger partial charge in [-0.1, -0.05) is 12.5 Å². The highest BCUT2D eigenvalue weighted by atomic mass is 15.2. The van der Waals surface area contributed by atoms with Crippen molar-refractivity contribution in [1.29, 1.82) is 0 Å². The molecule has 0 radical (unpaired) electrons. The van der Waals surface area contributed by atoms with Gasteiger partial charge in [0.05, 0.1) is 5.69 Å². The minimum Gasteiger partial charge on any atom is -0.310 e. The maximum absolute atomic E-state index is 4.31. The molecule has 17 heavy (non-hydrogen) atoms. The molecule has 3 nitrogen and oxygen atoms in total. The molecule has 1 saturated heterocycles. The van der Waals surface area contributed by atoms with Crippen LogP contribution in [0, 0.1) is 0 Å². The zero-order valence-corrected chi connectivity index (χ0v) is 10.7. The van der Waals surface area contributed by atoms with Crippen LogP contribution in [0.2, 0.25) is 0 Å². The lowest BCUT2D eigenvalue weighted by molar-refractivity contribution is 0.170. The van der Waals surface area contributed by atoms with E-state index in [-0.39, 0.29) is 0 Å². The van der Waals surface area contributed by atoms with Crippen LogP contribution >= 0.6 is 0 Å². The van der Waals surface area contributed by atoms with Crippen LogP contribution in [0.3, 0.4) is 0 Å². The summed E-state index contributed by atoms with van der Waals surface area (Å²) < 4.78 is 0. The fourth-order valence-electron chi connectivity index (χ4n) is 2.40. The minimum atomic E-state index is 0.638. The number of hydrogen-bond donors (Lipinski definition) is 1. The normalized spacial score (nSPS) is 19.1. The zero-order chi connectivity index (χ0) is 11.9. The van der Waals surface area contributed by atoms with E-state index in [0.29, 0.717) is 6.04 Å². The molecule has 2 rings (SSSR count). The highest BCUT2D eigenvalue weighted by Crippen LogP contribution is 2.11. The smallest absolute Gasteiger partial charge is 0.0541 e. The molecule has 94 valence electrons. The average Bonchev–Trinajstić information content (AvgIpc) is 2.41. The van der Waals surface area contributed by atoms with E-state index in [9.17, 15) is 0 Å². The van der Waals surface area contributed by atoms with Crippen molar-refractivity contribution in [3.63, 3.8) is 0 Å². The van der Waals surface area contributed by atoms with Crippen molar-refractivity contribution in [1.82, 2.24) is 15.2 Å². The molecule has 1 fully saturated rings. The van der Waals surface area contributed by atoms with Crippen LogP contribution in [-0.2, 0) is 6.54 Å². The Morgan fingerprint density at radius 1 is 1.29 bits per heavy atom. The van der Waals surface area contributed by atoms with Crippen LogP contribution < -0.4 is 5.32 Å². The Kier molecular flexibility index (Phi) is 4.95. The van der Waals surface area contributed by atoms with Crippen LogP contribution in [0.1, 0.15) is 31.9 Å². The molecule has 0 amide bonds. The molecule has 1 N–H and O–H groups in total. The number of nitrogens with one attached hydrogen (secondary N) is 1. The predicted molar refractivity (Wildman–Crippen MR) is 70.8 cm³/mol. The van der Waals surface area contributed by atoms with Crippen LogP contribution in [0.25, 0.3) is 0 Å². The first-order chi connectivity index (χ1) is 8.36. The fourth-order valence-corrected chi connectivity index (χ4v) is 2.40. The van der Waals surface area contributed by atoms with E-state index in [1.54, 1.807) is 0 Å². The summed E-state index contributed by atoms with van der Waals surface area (Å²) >= 11 is 0. The summed E-state index contributed by atoms with van der Waals surface area (Å²) in [6.07, 6.45) is 5.99. The average molecular weight is 233 g/mol. The maximum Gasteiger partial charge on any atom is 0.0541 e. The largest absolute Gasteiger partial charge is 0.310 e. The fraction of sp³-hybridized carbons (Fsp3) is 0.643. The van der Waals surface area contributed by atoms with Crippen LogP contribution in [0.5, 0.6) is 0 Å². The van der Waals surface area contributed by atoms with Crippen molar-refractivity contribution in [2.24, 2.45) is 0 Å². The standard InChI is InChI=1S/C14H23N3/c1-13(17-9-5-2-6-10-17)11-15-12-14-7-3-4-8-16-14/h3-4,7-8,13,15H,2,5-6,9-12H2,1H3. The third kappa shape index (κ3) is 4.10. The summed E-state index contributed by atoms with van der Waals surface area (Å²) in [7, 11) is 0. The van der Waals surface area contributed by atoms with Crippen molar-refractivity contribution in [2.75, 3.05) is 19.6 Å². The maximum atomic E-state index is 4.31. The second-order valence-corrected chi connectivity index (χ2v) is 4.90. The predicted octanol–water partition coefficient (Wildman–Crippen LogP) is 2.05. The minimum absolute atomic E-state index is 0.638. The molecule has 1 aromatic rings. The van der Waals surface area contributed by atoms with E-state index in [2.05, 4.69) is 28.2 Å². The van der Waals surface area contributed by atoms with Gasteiger partial charge in [0.2, 0.25) is 0 Å². The molecule has 2 heterocycles. The molecule has 1 unspecified atom stereocenters. The molecular formula is C14H23N3. The highest BCUT2D eigenvalue weighted by molar-refractivity contribution is 5.02. The number of aromatic nitrogens is 1. The molecule has 1 atom stereocenters. The van der Waals surface area contributed by atoms with E-state index in [1.165, 1.54) is 32.4 Å². The SMILES string of the molecule is CC(CNCc1ccccn1)N1CCCCC1. The van der Waals surface area contributed by atoms with Crippen LogP contribution in [-0.4, -0.2) is 35.6 Å². The third-order valence-electron chi connectivity index (χ3n) is 3.49. The van der Waals surface area contributed by atoms with Crippen molar-refractivity contribution in [3.05, 3.63) is 30.1 Å². The van der Waals surface area contributed by atoms with E-state index < -0.39 is 0 Å². The van der Waals surface area contributed by atoms with Crippen molar-refractivity contribution >= 4 is 0 Å². The first-order valence-corrected chi connectivity index (χ1v) is 6.71. The van der Waals surface area contributed by atoms with Crippen molar-refractivity contribution in [3.8, 4) is 0 Å². The molecule has 0 aliphatic carbocycles. The Hall–Kier alpha value is -0.930. The summed E-state index contributed by atoms with van der Waals surface area (Å²) in [6.45, 7) is 6.78. The van der Waals surface area contributed by atoms with E-state index in [1.807, 2.05) is 18.3 Å². The van der Waals surface area contributed by atoms with Crippen LogP contribution in [0.15, 0.2) is 24.4 Å². The Morgan fingerprint density at radius 2 is 2.12 bits per heavy atom. The first-order valence-electron chi connectivity index (χ1n) is 6.71. The van der Waals surface area contributed by atoms with Gasteiger partial charge < -0.3 is 5.32 Å². The Morgan fingerprint density at radius 3 is 2.82 bits per heavy atom. The molecule has 1 aromatic heterocycles. The van der Waals surface area contributed by atoms with Crippen molar-refractivity contribution < 1.29 is 0 Å². The van der Waals surface area contributed by atoms with E-state index >= 15 is 0 Å². The summed E-state index contributed by atoms with van der Waals surface area (Å²) in [4.78, 5) is 6.90. The second-order valence-electron chi connectivity index (χ2n) is 4.90. The summed E-state index contributed by atoms with van der Waals surface area (Å²) in [5.74, 6) is 0. The van der Waals surface area contributed by atoms with Gasteiger partial charge in [-0.15, -0.1) is 0 Å².